The minimum absolute atomic E-state index is 0.0306. The topological polar surface area (TPSA) is 125 Å². The van der Waals surface area contributed by atoms with Crippen molar-refractivity contribution in [2.75, 3.05) is 0 Å². The summed E-state index contributed by atoms with van der Waals surface area (Å²) in [7, 11) is -4.11. The second-order valence-corrected chi connectivity index (χ2v) is 9.62. The Balaban J connectivity index is 2.02. The first-order chi connectivity index (χ1) is 15.6. The molecule has 0 spiro atoms. The van der Waals surface area contributed by atoms with E-state index in [2.05, 4.69) is 15.0 Å². The Labute approximate surface area is 192 Å². The van der Waals surface area contributed by atoms with Crippen molar-refractivity contribution in [3.8, 4) is 0 Å². The molecule has 1 aromatic heterocycles. The monoisotopic (exact) mass is 467 g/mol. The number of aryl methyl sites for hydroxylation is 1. The highest BCUT2D eigenvalue weighted by Gasteiger charge is 2.27. The molecule has 33 heavy (non-hydrogen) atoms. The first-order valence-electron chi connectivity index (χ1n) is 10.3. The molecule has 1 atom stereocenters. The molecule has 0 aliphatic rings. The summed E-state index contributed by atoms with van der Waals surface area (Å²) in [6.07, 6.45) is 1.28. The maximum Gasteiger partial charge on any atom is 0.326 e. The molecule has 172 valence electrons. The lowest BCUT2D eigenvalue weighted by molar-refractivity contribution is -0.142. The minimum Gasteiger partial charge on any atom is -0.480 e. The van der Waals surface area contributed by atoms with Gasteiger partial charge in [-0.3, -0.25) is 9.52 Å². The van der Waals surface area contributed by atoms with E-state index < -0.39 is 33.9 Å². The third kappa shape index (κ3) is 5.95. The number of hydrogen-bond donors (Lipinski definition) is 3. The fraction of sp³-hybridized carbons (Fsp3) is 0.208. The molecule has 0 saturated heterocycles. The maximum atomic E-state index is 13.0. The first-order valence-corrected chi connectivity index (χ1v) is 11.8. The van der Waals surface area contributed by atoms with E-state index >= 15 is 0 Å². The lowest BCUT2D eigenvalue weighted by atomic mass is 10.0. The van der Waals surface area contributed by atoms with Crippen LogP contribution in [0.15, 0.2) is 71.3 Å². The summed E-state index contributed by atoms with van der Waals surface area (Å²) in [6, 6.07) is 15.7. The molecule has 9 heteroatoms. The van der Waals surface area contributed by atoms with Crippen LogP contribution in [0.2, 0.25) is 0 Å². The van der Waals surface area contributed by atoms with E-state index in [1.807, 2.05) is 25.1 Å². The lowest BCUT2D eigenvalue weighted by Gasteiger charge is -2.19. The summed E-state index contributed by atoms with van der Waals surface area (Å²) in [5, 5.41) is 12.7. The van der Waals surface area contributed by atoms with Gasteiger partial charge in [0, 0.05) is 5.39 Å². The summed E-state index contributed by atoms with van der Waals surface area (Å²) in [5.41, 5.74) is 1.54. The zero-order valence-electron chi connectivity index (χ0n) is 18.4. The number of carbonyl (C=O) groups excluding carboxylic acids is 1. The van der Waals surface area contributed by atoms with Gasteiger partial charge in [0.15, 0.2) is 0 Å². The summed E-state index contributed by atoms with van der Waals surface area (Å²) in [4.78, 5) is 29.0. The predicted molar refractivity (Wildman–Crippen MR) is 126 cm³/mol. The second-order valence-electron chi connectivity index (χ2n) is 7.94. The van der Waals surface area contributed by atoms with E-state index in [0.29, 0.717) is 11.2 Å². The minimum atomic E-state index is -4.11. The number of sulfonamides is 1. The van der Waals surface area contributed by atoms with Crippen molar-refractivity contribution < 1.29 is 23.1 Å². The molecule has 2 aromatic carbocycles. The number of fused-ring (bicyclic) bond motifs is 1. The number of aliphatic carboxylic acids is 1. The van der Waals surface area contributed by atoms with Gasteiger partial charge in [-0.1, -0.05) is 55.8 Å². The summed E-state index contributed by atoms with van der Waals surface area (Å²) >= 11 is 0. The van der Waals surface area contributed by atoms with Crippen LogP contribution >= 0.6 is 0 Å². The summed E-state index contributed by atoms with van der Waals surface area (Å²) < 4.78 is 28.2. The molecule has 3 aromatic rings. The average Bonchev–Trinajstić information content (AvgIpc) is 2.76. The molecule has 0 aliphatic heterocycles. The van der Waals surface area contributed by atoms with Crippen LogP contribution < -0.4 is 10.0 Å². The van der Waals surface area contributed by atoms with Gasteiger partial charge in [0.05, 0.1) is 16.1 Å². The standard InChI is InChI=1S/C24H25N3O5S/c1-15(2)22(24(29)30)26-23(28)21(27-33(31,32)19-12-8-16(3)9-13-19)14-18-11-10-17-6-4-5-7-20(17)25-18/h4-15,22,27H,1-3H3,(H,26,28)(H,29,30)/b21-14+/t22-/m0/s1. The largest absolute Gasteiger partial charge is 0.480 e. The van der Waals surface area contributed by atoms with Crippen LogP contribution in [0.4, 0.5) is 0 Å². The molecule has 8 nitrogen and oxygen atoms in total. The average molecular weight is 468 g/mol. The molecule has 1 amide bonds. The van der Waals surface area contributed by atoms with Gasteiger partial charge in [0.25, 0.3) is 15.9 Å². The van der Waals surface area contributed by atoms with E-state index in [4.69, 9.17) is 0 Å². The first kappa shape index (κ1) is 23.9. The Morgan fingerprint density at radius 3 is 2.30 bits per heavy atom. The van der Waals surface area contributed by atoms with Crippen molar-refractivity contribution in [1.29, 1.82) is 0 Å². The highest BCUT2D eigenvalue weighted by atomic mass is 32.2. The fourth-order valence-corrected chi connectivity index (χ4v) is 4.16. The Kier molecular flexibility index (Phi) is 7.13. The molecule has 0 unspecified atom stereocenters. The maximum absolute atomic E-state index is 13.0. The number of aromatic nitrogens is 1. The number of nitrogens with one attached hydrogen (secondary N) is 2. The van der Waals surface area contributed by atoms with Crippen molar-refractivity contribution in [3.05, 3.63) is 77.6 Å². The second kappa shape index (κ2) is 9.83. The van der Waals surface area contributed by atoms with Crippen molar-refractivity contribution in [1.82, 2.24) is 15.0 Å². The highest BCUT2D eigenvalue weighted by molar-refractivity contribution is 7.89. The van der Waals surface area contributed by atoms with Crippen LogP contribution in [0.25, 0.3) is 17.0 Å². The zero-order valence-corrected chi connectivity index (χ0v) is 19.3. The van der Waals surface area contributed by atoms with Crippen LogP contribution in [0.3, 0.4) is 0 Å². The van der Waals surface area contributed by atoms with Gasteiger partial charge in [0.1, 0.15) is 11.7 Å². The molecule has 1 heterocycles. The number of pyridine rings is 1. The van der Waals surface area contributed by atoms with Gasteiger partial charge < -0.3 is 10.4 Å². The quantitative estimate of drug-likeness (QED) is 0.437. The van der Waals surface area contributed by atoms with E-state index in [1.54, 1.807) is 44.2 Å². The van der Waals surface area contributed by atoms with Crippen molar-refractivity contribution >= 4 is 38.9 Å². The number of hydrogen-bond acceptors (Lipinski definition) is 5. The Hall–Kier alpha value is -3.72. The lowest BCUT2D eigenvalue weighted by Crippen LogP contribution is -2.47. The Morgan fingerprint density at radius 2 is 1.67 bits per heavy atom. The van der Waals surface area contributed by atoms with Crippen LogP contribution in [-0.4, -0.2) is 36.4 Å². The van der Waals surface area contributed by atoms with Crippen LogP contribution in [-0.2, 0) is 19.6 Å². The Morgan fingerprint density at radius 1 is 1.00 bits per heavy atom. The molecule has 3 rings (SSSR count). The van der Waals surface area contributed by atoms with Crippen LogP contribution in [0.5, 0.6) is 0 Å². The number of rotatable bonds is 8. The van der Waals surface area contributed by atoms with E-state index in [9.17, 15) is 23.1 Å². The smallest absolute Gasteiger partial charge is 0.326 e. The normalized spacial score (nSPS) is 13.0. The Bertz CT molecular complexity index is 1320. The molecule has 0 bridgehead atoms. The molecular formula is C24H25N3O5S. The van der Waals surface area contributed by atoms with Crippen molar-refractivity contribution in [2.24, 2.45) is 5.92 Å². The number of benzene rings is 2. The zero-order chi connectivity index (χ0) is 24.2. The van der Waals surface area contributed by atoms with Crippen LogP contribution in [0, 0.1) is 12.8 Å². The van der Waals surface area contributed by atoms with Gasteiger partial charge in [0.2, 0.25) is 0 Å². The van der Waals surface area contributed by atoms with E-state index in [0.717, 1.165) is 10.9 Å². The molecular weight excluding hydrogens is 442 g/mol. The molecule has 0 aliphatic carbocycles. The number of amides is 1. The van der Waals surface area contributed by atoms with E-state index in [-0.39, 0.29) is 10.6 Å². The van der Waals surface area contributed by atoms with Crippen LogP contribution in [0.1, 0.15) is 25.1 Å². The third-order valence-corrected chi connectivity index (χ3v) is 6.33. The summed E-state index contributed by atoms with van der Waals surface area (Å²) in [6.45, 7) is 5.11. The number of para-hydroxylation sites is 1. The predicted octanol–water partition coefficient (Wildman–Crippen LogP) is 3.09. The van der Waals surface area contributed by atoms with Gasteiger partial charge in [-0.2, -0.15) is 0 Å². The van der Waals surface area contributed by atoms with E-state index in [1.165, 1.54) is 18.2 Å². The number of nitrogens with zero attached hydrogens (tertiary/aromatic N) is 1. The SMILES string of the molecule is Cc1ccc(S(=O)(=O)N/C(=C/c2ccc3ccccc3n2)C(=O)N[C@H](C(=O)O)C(C)C)cc1. The summed E-state index contributed by atoms with van der Waals surface area (Å²) in [5.74, 6) is -2.51. The van der Waals surface area contributed by atoms with Gasteiger partial charge in [-0.15, -0.1) is 0 Å². The molecule has 0 radical (unpaired) electrons. The molecule has 0 saturated carbocycles. The fourth-order valence-electron chi connectivity index (χ4n) is 3.11. The number of carboxylic acid groups (broad SMARTS) is 1. The van der Waals surface area contributed by atoms with Crippen molar-refractivity contribution in [2.45, 2.75) is 31.7 Å². The van der Waals surface area contributed by atoms with Gasteiger partial charge in [-0.05, 0) is 43.2 Å². The highest BCUT2D eigenvalue weighted by Crippen LogP contribution is 2.16. The number of carboxylic acids is 1. The third-order valence-electron chi connectivity index (χ3n) is 4.95. The molecule has 3 N–H and O–H groups in total. The molecule has 0 fully saturated rings. The number of carbonyl (C=O) groups is 2. The van der Waals surface area contributed by atoms with Gasteiger partial charge >= 0.3 is 5.97 Å². The van der Waals surface area contributed by atoms with Crippen molar-refractivity contribution in [3.63, 3.8) is 0 Å². The van der Waals surface area contributed by atoms with Gasteiger partial charge in [-0.25, -0.2) is 18.2 Å².